The third-order valence-electron chi connectivity index (χ3n) is 1.52. The molecule has 14 heavy (non-hydrogen) atoms. The van der Waals surface area contributed by atoms with Crippen molar-refractivity contribution in [2.75, 3.05) is 11.9 Å². The summed E-state index contributed by atoms with van der Waals surface area (Å²) < 4.78 is 0. The number of rotatable bonds is 2. The Kier molecular flexibility index (Phi) is 2.81. The molecule has 2 radical (unpaired) electrons. The highest BCUT2D eigenvalue weighted by atomic mass is 16.4. The summed E-state index contributed by atoms with van der Waals surface area (Å²) in [6.07, 6.45) is 2.20. The Morgan fingerprint density at radius 3 is 2.29 bits per heavy atom. The van der Waals surface area contributed by atoms with Crippen molar-refractivity contribution in [3.8, 4) is 0 Å². The van der Waals surface area contributed by atoms with Gasteiger partial charge in [0, 0.05) is 19.4 Å². The number of nitrogens with zero attached hydrogens (tertiary/aromatic N) is 3. The van der Waals surface area contributed by atoms with Gasteiger partial charge in [-0.15, -0.1) is 0 Å². The van der Waals surface area contributed by atoms with Crippen LogP contribution < -0.4 is 4.90 Å². The molecule has 0 saturated carbocycles. The van der Waals surface area contributed by atoms with E-state index in [-0.39, 0.29) is 11.5 Å². The number of hydrogen-bond acceptors (Lipinski definition) is 4. The maximum Gasteiger partial charge on any atom is 0.338 e. The molecule has 0 fully saturated rings. The van der Waals surface area contributed by atoms with Gasteiger partial charge in [0.05, 0.1) is 5.56 Å². The van der Waals surface area contributed by atoms with Gasteiger partial charge in [0.1, 0.15) is 0 Å². The molecule has 1 aromatic rings. The van der Waals surface area contributed by atoms with E-state index in [2.05, 4.69) is 9.97 Å². The minimum Gasteiger partial charge on any atom is -0.478 e. The highest BCUT2D eigenvalue weighted by Gasteiger charge is 2.09. The predicted octanol–water partition coefficient (Wildman–Crippen LogP) is -0.101. The van der Waals surface area contributed by atoms with E-state index in [1.807, 2.05) is 0 Å². The lowest BCUT2D eigenvalue weighted by Crippen LogP contribution is -2.26. The Morgan fingerprint density at radius 1 is 1.43 bits per heavy atom. The van der Waals surface area contributed by atoms with E-state index in [1.165, 1.54) is 7.05 Å². The van der Waals surface area contributed by atoms with Crippen molar-refractivity contribution in [3.05, 3.63) is 18.0 Å². The summed E-state index contributed by atoms with van der Waals surface area (Å²) in [5, 5.41) is 8.54. The summed E-state index contributed by atoms with van der Waals surface area (Å²) in [4.78, 5) is 29.4. The molecular weight excluding hydrogens is 185 g/mol. The molecule has 1 aromatic heterocycles. The molecule has 7 heteroatoms. The number of carbonyl (C=O) groups is 2. The number of carboxylic acids is 1. The van der Waals surface area contributed by atoms with Crippen LogP contribution in [0.25, 0.3) is 0 Å². The largest absolute Gasteiger partial charge is 0.478 e. The third-order valence-corrected chi connectivity index (χ3v) is 1.52. The number of carboxylic acid groups (broad SMARTS) is 1. The second-order valence-corrected chi connectivity index (χ2v) is 2.47. The number of amides is 1. The molecule has 0 aliphatic heterocycles. The molecule has 1 rings (SSSR count). The summed E-state index contributed by atoms with van der Waals surface area (Å²) >= 11 is 0. The molecule has 6 nitrogen and oxygen atoms in total. The molecular formula is C7H6BN3O3. The normalized spacial score (nSPS) is 9.50. The van der Waals surface area contributed by atoms with Gasteiger partial charge in [-0.1, -0.05) is 0 Å². The fourth-order valence-corrected chi connectivity index (χ4v) is 0.703. The molecule has 1 N–H and O–H groups in total. The lowest BCUT2D eigenvalue weighted by molar-refractivity contribution is 0.0696. The van der Waals surface area contributed by atoms with Crippen LogP contribution in [0.1, 0.15) is 10.4 Å². The molecule has 1 amide bonds. The lowest BCUT2D eigenvalue weighted by Gasteiger charge is -2.12. The minimum absolute atomic E-state index is 0.0494. The van der Waals surface area contributed by atoms with Crippen molar-refractivity contribution in [1.29, 1.82) is 0 Å². The first-order valence-corrected chi connectivity index (χ1v) is 3.61. The van der Waals surface area contributed by atoms with Crippen LogP contribution in [-0.2, 0) is 0 Å². The van der Waals surface area contributed by atoms with Gasteiger partial charge in [0.25, 0.3) is 0 Å². The Balaban J connectivity index is 2.94. The first-order chi connectivity index (χ1) is 6.52. The van der Waals surface area contributed by atoms with Crippen molar-refractivity contribution < 1.29 is 14.7 Å². The van der Waals surface area contributed by atoms with Gasteiger partial charge in [0.15, 0.2) is 5.81 Å². The summed E-state index contributed by atoms with van der Waals surface area (Å²) in [5.41, 5.74) is -0.0494. The van der Waals surface area contributed by atoms with E-state index < -0.39 is 11.8 Å². The number of aromatic nitrogens is 2. The van der Waals surface area contributed by atoms with E-state index in [1.54, 1.807) is 0 Å². The first kappa shape index (κ1) is 10.2. The van der Waals surface area contributed by atoms with Crippen molar-refractivity contribution in [2.45, 2.75) is 0 Å². The Hall–Kier alpha value is -1.92. The number of hydrogen-bond donors (Lipinski definition) is 1. The third kappa shape index (κ3) is 2.06. The summed E-state index contributed by atoms with van der Waals surface area (Å²) in [6.45, 7) is 0. The van der Waals surface area contributed by atoms with Gasteiger partial charge in [-0.05, 0) is 0 Å². The summed E-state index contributed by atoms with van der Waals surface area (Å²) in [5.74, 6) is -1.78. The van der Waals surface area contributed by atoms with Crippen LogP contribution in [0, 0.1) is 0 Å². The molecule has 1 heterocycles. The fraction of sp³-hybridized carbons (Fsp3) is 0.143. The van der Waals surface area contributed by atoms with E-state index in [0.29, 0.717) is 0 Å². The zero-order valence-electron chi connectivity index (χ0n) is 7.34. The fourth-order valence-electron chi connectivity index (χ4n) is 0.703. The maximum atomic E-state index is 10.7. The van der Waals surface area contributed by atoms with E-state index in [4.69, 9.17) is 13.0 Å². The van der Waals surface area contributed by atoms with Gasteiger partial charge >= 0.3 is 5.97 Å². The zero-order valence-corrected chi connectivity index (χ0v) is 7.34. The molecule has 0 atom stereocenters. The average Bonchev–Trinajstić information content (AvgIpc) is 2.16. The van der Waals surface area contributed by atoms with Crippen molar-refractivity contribution in [2.24, 2.45) is 0 Å². The topological polar surface area (TPSA) is 83.4 Å². The molecule has 0 unspecified atom stereocenters. The predicted molar refractivity (Wildman–Crippen MR) is 48.5 cm³/mol. The van der Waals surface area contributed by atoms with E-state index in [0.717, 1.165) is 17.3 Å². The number of aromatic carboxylic acids is 1. The SMILES string of the molecule is [B]C(=O)N(C)c1ncc(C(=O)O)cn1. The van der Waals surface area contributed by atoms with Crippen LogP contribution in [0.15, 0.2) is 12.4 Å². The van der Waals surface area contributed by atoms with Crippen LogP contribution in [-0.4, -0.2) is 41.7 Å². The monoisotopic (exact) mass is 191 g/mol. The molecule has 0 saturated heterocycles. The molecule has 0 bridgehead atoms. The lowest BCUT2D eigenvalue weighted by atomic mass is 10.1. The highest BCUT2D eigenvalue weighted by molar-refractivity contribution is 6.60. The average molecular weight is 191 g/mol. The Morgan fingerprint density at radius 2 is 1.93 bits per heavy atom. The number of anilines is 1. The van der Waals surface area contributed by atoms with E-state index >= 15 is 0 Å². The van der Waals surface area contributed by atoms with Crippen LogP contribution in [0.2, 0.25) is 0 Å². The van der Waals surface area contributed by atoms with Gasteiger partial charge in [-0.25, -0.2) is 14.8 Å². The van der Waals surface area contributed by atoms with Crippen molar-refractivity contribution >= 4 is 25.6 Å². The highest BCUT2D eigenvalue weighted by Crippen LogP contribution is 2.04. The zero-order chi connectivity index (χ0) is 10.7. The van der Waals surface area contributed by atoms with Crippen molar-refractivity contribution in [3.63, 3.8) is 0 Å². The first-order valence-electron chi connectivity index (χ1n) is 3.61. The summed E-state index contributed by atoms with van der Waals surface area (Å²) in [7, 11) is 6.34. The molecule has 0 aliphatic carbocycles. The van der Waals surface area contributed by atoms with Gasteiger partial charge in [-0.3, -0.25) is 9.69 Å². The molecule has 0 aromatic carbocycles. The molecule has 0 aliphatic rings. The number of carbonyl (C=O) groups excluding carboxylic acids is 1. The smallest absolute Gasteiger partial charge is 0.338 e. The van der Waals surface area contributed by atoms with Crippen molar-refractivity contribution in [1.82, 2.24) is 9.97 Å². The van der Waals surface area contributed by atoms with Crippen LogP contribution in [0.4, 0.5) is 10.7 Å². The van der Waals surface area contributed by atoms with Gasteiger partial charge < -0.3 is 5.11 Å². The second kappa shape index (κ2) is 3.86. The Labute approximate surface area is 81.0 Å². The molecule has 70 valence electrons. The van der Waals surface area contributed by atoms with Crippen LogP contribution in [0.5, 0.6) is 0 Å². The molecule has 0 spiro atoms. The van der Waals surface area contributed by atoms with Crippen LogP contribution >= 0.6 is 0 Å². The quantitative estimate of drug-likeness (QED) is 0.659. The van der Waals surface area contributed by atoms with Gasteiger partial charge in [-0.2, -0.15) is 0 Å². The van der Waals surface area contributed by atoms with Gasteiger partial charge in [0.2, 0.25) is 13.8 Å². The maximum absolute atomic E-state index is 10.7. The minimum atomic E-state index is -1.13. The summed E-state index contributed by atoms with van der Waals surface area (Å²) in [6, 6.07) is 0. The standard InChI is InChI=1S/C7H6BN3O3/c1-11(6(8)14)7-9-2-4(3-10-7)5(12)13/h2-3H,1H3,(H,12,13). The Bertz CT molecular complexity index is 365. The van der Waals surface area contributed by atoms with Crippen LogP contribution in [0.3, 0.4) is 0 Å². The van der Waals surface area contributed by atoms with E-state index in [9.17, 15) is 9.59 Å². The second-order valence-electron chi connectivity index (χ2n) is 2.47.